The van der Waals surface area contributed by atoms with Crippen LogP contribution in [-0.4, -0.2) is 28.0 Å². The van der Waals surface area contributed by atoms with Gasteiger partial charge in [0.05, 0.1) is 35.2 Å². The summed E-state index contributed by atoms with van der Waals surface area (Å²) in [5, 5.41) is 4.57. The van der Waals surface area contributed by atoms with Crippen molar-refractivity contribution >= 4 is 51.8 Å². The maximum atomic E-state index is 12.2. The lowest BCUT2D eigenvalue weighted by molar-refractivity contribution is -0.115. The molecule has 2 aromatic heterocycles. The Morgan fingerprint density at radius 1 is 1.19 bits per heavy atom. The fraction of sp³-hybridized carbons (Fsp3) is 0.0556. The smallest absolute Gasteiger partial charge is 0.290 e. The van der Waals surface area contributed by atoms with E-state index in [9.17, 15) is 4.79 Å². The summed E-state index contributed by atoms with van der Waals surface area (Å²) < 4.78 is 5.12. The predicted molar refractivity (Wildman–Crippen MR) is 103 cm³/mol. The van der Waals surface area contributed by atoms with E-state index in [0.29, 0.717) is 15.7 Å². The summed E-state index contributed by atoms with van der Waals surface area (Å²) in [6.45, 7) is 0. The molecule has 0 atom stereocenters. The molecule has 0 radical (unpaired) electrons. The van der Waals surface area contributed by atoms with Crippen LogP contribution in [0.5, 0.6) is 0 Å². The molecule has 2 N–H and O–H groups in total. The monoisotopic (exact) mass is 388 g/mol. The van der Waals surface area contributed by atoms with Crippen molar-refractivity contribution in [2.24, 2.45) is 0 Å². The second-order valence-electron chi connectivity index (χ2n) is 5.25. The maximum absolute atomic E-state index is 12.2. The molecule has 6 nitrogen and oxygen atoms in total. The van der Waals surface area contributed by atoms with E-state index < -0.39 is 5.91 Å². The minimum Gasteiger partial charge on any atom is -0.491 e. The van der Waals surface area contributed by atoms with E-state index in [1.54, 1.807) is 30.4 Å². The first-order valence-corrected chi connectivity index (χ1v) is 8.29. The average Bonchev–Trinajstić information content (AvgIpc) is 3.01. The van der Waals surface area contributed by atoms with E-state index in [1.807, 2.05) is 6.07 Å². The number of halogens is 2. The Bertz CT molecular complexity index is 958. The number of carbonyl (C=O) groups is 1. The van der Waals surface area contributed by atoms with Gasteiger partial charge in [0.2, 0.25) is 0 Å². The summed E-state index contributed by atoms with van der Waals surface area (Å²) in [6, 6.07) is 5.48. The standard InChI is InChI=1S/C18H14Cl2N4O2/c1-26-17(18(25)24-13-8-21-10-22-9-13)4-2-3-12-5-11-6-14(19)15(20)7-16(11)23-12/h2-10,23H,1H3,(H,24,25)/b3-2+,17-4+. The first kappa shape index (κ1) is 18.0. The van der Waals surface area contributed by atoms with Gasteiger partial charge in [-0.1, -0.05) is 29.3 Å². The molecule has 3 rings (SSSR count). The molecule has 132 valence electrons. The molecule has 8 heteroatoms. The predicted octanol–water partition coefficient (Wildman–Crippen LogP) is 4.45. The molecule has 0 saturated heterocycles. The Morgan fingerprint density at radius 2 is 1.92 bits per heavy atom. The number of ether oxygens (including phenoxy) is 1. The van der Waals surface area contributed by atoms with Crippen molar-refractivity contribution in [1.29, 1.82) is 0 Å². The Kier molecular flexibility index (Phi) is 5.55. The van der Waals surface area contributed by atoms with Gasteiger partial charge in [0.1, 0.15) is 6.33 Å². The molecule has 0 aliphatic carbocycles. The third kappa shape index (κ3) is 4.22. The van der Waals surface area contributed by atoms with Crippen LogP contribution in [0.25, 0.3) is 17.0 Å². The first-order valence-electron chi connectivity index (χ1n) is 7.53. The largest absolute Gasteiger partial charge is 0.491 e. The number of methoxy groups -OCH3 is 1. The summed E-state index contributed by atoms with van der Waals surface area (Å²) >= 11 is 12.0. The zero-order valence-corrected chi connectivity index (χ0v) is 15.2. The number of hydrogen-bond donors (Lipinski definition) is 2. The molecular formula is C18H14Cl2N4O2. The molecule has 0 aliphatic heterocycles. The van der Waals surface area contributed by atoms with Gasteiger partial charge < -0.3 is 15.0 Å². The van der Waals surface area contributed by atoms with Crippen molar-refractivity contribution in [3.8, 4) is 0 Å². The van der Waals surface area contributed by atoms with Gasteiger partial charge in [0.15, 0.2) is 5.76 Å². The minimum absolute atomic E-state index is 0.146. The number of anilines is 1. The van der Waals surface area contributed by atoms with Crippen molar-refractivity contribution in [2.45, 2.75) is 0 Å². The minimum atomic E-state index is -0.401. The fourth-order valence-corrected chi connectivity index (χ4v) is 2.61. The molecule has 1 aromatic carbocycles. The third-order valence-corrected chi connectivity index (χ3v) is 4.19. The van der Waals surface area contributed by atoms with Crippen molar-refractivity contribution in [2.75, 3.05) is 12.4 Å². The quantitative estimate of drug-likeness (QED) is 0.384. The van der Waals surface area contributed by atoms with Crippen molar-refractivity contribution < 1.29 is 9.53 Å². The lowest BCUT2D eigenvalue weighted by atomic mass is 10.2. The number of fused-ring (bicyclic) bond motifs is 1. The summed E-state index contributed by atoms with van der Waals surface area (Å²) in [7, 11) is 1.42. The Hall–Kier alpha value is -2.83. The summed E-state index contributed by atoms with van der Waals surface area (Å²) in [4.78, 5) is 23.0. The summed E-state index contributed by atoms with van der Waals surface area (Å²) in [5.41, 5.74) is 2.19. The number of allylic oxidation sites excluding steroid dienone is 2. The van der Waals surface area contributed by atoms with Crippen LogP contribution in [-0.2, 0) is 9.53 Å². The Morgan fingerprint density at radius 3 is 2.65 bits per heavy atom. The Balaban J connectivity index is 1.75. The summed E-state index contributed by atoms with van der Waals surface area (Å²) in [5.74, 6) is -0.255. The highest BCUT2D eigenvalue weighted by molar-refractivity contribution is 6.42. The third-order valence-electron chi connectivity index (χ3n) is 3.47. The van der Waals surface area contributed by atoms with Crippen LogP contribution in [0.2, 0.25) is 10.0 Å². The molecule has 0 bridgehead atoms. The zero-order valence-electron chi connectivity index (χ0n) is 13.7. The lowest BCUT2D eigenvalue weighted by Gasteiger charge is -2.06. The number of nitrogens with one attached hydrogen (secondary N) is 2. The first-order chi connectivity index (χ1) is 12.6. The van der Waals surface area contributed by atoms with Crippen molar-refractivity contribution in [3.05, 3.63) is 70.6 Å². The van der Waals surface area contributed by atoms with Crippen LogP contribution >= 0.6 is 23.2 Å². The number of hydrogen-bond acceptors (Lipinski definition) is 4. The molecule has 0 spiro atoms. The van der Waals surface area contributed by atoms with E-state index in [0.717, 1.165) is 16.6 Å². The van der Waals surface area contributed by atoms with Crippen LogP contribution in [0.3, 0.4) is 0 Å². The molecule has 1 amide bonds. The van der Waals surface area contributed by atoms with Crippen LogP contribution < -0.4 is 5.32 Å². The van der Waals surface area contributed by atoms with E-state index in [4.69, 9.17) is 27.9 Å². The highest BCUT2D eigenvalue weighted by Crippen LogP contribution is 2.28. The van der Waals surface area contributed by atoms with Crippen LogP contribution in [0.15, 0.2) is 54.8 Å². The van der Waals surface area contributed by atoms with Gasteiger partial charge in [-0.3, -0.25) is 4.79 Å². The number of aromatic nitrogens is 3. The van der Waals surface area contributed by atoms with E-state index >= 15 is 0 Å². The molecule has 0 saturated carbocycles. The van der Waals surface area contributed by atoms with E-state index in [-0.39, 0.29) is 5.76 Å². The van der Waals surface area contributed by atoms with Gasteiger partial charge in [-0.2, -0.15) is 0 Å². The highest BCUT2D eigenvalue weighted by atomic mass is 35.5. The van der Waals surface area contributed by atoms with Gasteiger partial charge in [0, 0.05) is 16.6 Å². The second-order valence-corrected chi connectivity index (χ2v) is 6.07. The number of carbonyl (C=O) groups excluding carboxylic acids is 1. The van der Waals surface area contributed by atoms with Gasteiger partial charge in [0.25, 0.3) is 5.91 Å². The van der Waals surface area contributed by atoms with Crippen LogP contribution in [0.1, 0.15) is 5.69 Å². The fourth-order valence-electron chi connectivity index (χ4n) is 2.27. The second kappa shape index (κ2) is 8.03. The Labute approximate surface area is 159 Å². The lowest BCUT2D eigenvalue weighted by Crippen LogP contribution is -2.15. The van der Waals surface area contributed by atoms with Gasteiger partial charge in [-0.25, -0.2) is 9.97 Å². The van der Waals surface area contributed by atoms with E-state index in [2.05, 4.69) is 20.3 Å². The molecule has 0 unspecified atom stereocenters. The molecule has 0 aliphatic rings. The topological polar surface area (TPSA) is 79.9 Å². The van der Waals surface area contributed by atoms with Crippen molar-refractivity contribution in [3.63, 3.8) is 0 Å². The van der Waals surface area contributed by atoms with E-state index in [1.165, 1.54) is 25.8 Å². The molecule has 26 heavy (non-hydrogen) atoms. The van der Waals surface area contributed by atoms with Gasteiger partial charge in [-0.05, 0) is 30.4 Å². The molecule has 0 fully saturated rings. The number of benzene rings is 1. The number of nitrogens with zero attached hydrogens (tertiary/aromatic N) is 2. The maximum Gasteiger partial charge on any atom is 0.290 e. The number of H-pyrrole nitrogens is 1. The molecule has 3 aromatic rings. The summed E-state index contributed by atoms with van der Waals surface area (Å²) in [6.07, 6.45) is 9.44. The highest BCUT2D eigenvalue weighted by Gasteiger charge is 2.09. The van der Waals surface area contributed by atoms with Crippen LogP contribution in [0, 0.1) is 0 Å². The number of rotatable bonds is 5. The molecule has 2 heterocycles. The average molecular weight is 389 g/mol. The molecular weight excluding hydrogens is 375 g/mol. The van der Waals surface area contributed by atoms with Gasteiger partial charge >= 0.3 is 0 Å². The van der Waals surface area contributed by atoms with Gasteiger partial charge in [-0.15, -0.1) is 0 Å². The SMILES string of the molecule is CO/C(=C/C=C/c1cc2cc(Cl)c(Cl)cc2[nH]1)C(=O)Nc1cncnc1. The number of amides is 1. The van der Waals surface area contributed by atoms with Crippen molar-refractivity contribution in [1.82, 2.24) is 15.0 Å². The normalized spacial score (nSPS) is 11.9. The number of aromatic amines is 1. The van der Waals surface area contributed by atoms with Crippen LogP contribution in [0.4, 0.5) is 5.69 Å². The zero-order chi connectivity index (χ0) is 18.5.